The molecule has 0 aromatic rings. The molecule has 2 aliphatic rings. The second-order valence-corrected chi connectivity index (χ2v) is 9.51. The third kappa shape index (κ3) is 4.13. The highest BCUT2D eigenvalue weighted by molar-refractivity contribution is 5.75. The van der Waals surface area contributed by atoms with Crippen LogP contribution in [0.25, 0.3) is 0 Å². The van der Waals surface area contributed by atoms with E-state index in [9.17, 15) is 24.9 Å². The number of ether oxygens (including phenoxy) is 1. The molecular formula is C22H36O6. The fourth-order valence-electron chi connectivity index (χ4n) is 5.19. The Morgan fingerprint density at radius 1 is 1.36 bits per heavy atom. The summed E-state index contributed by atoms with van der Waals surface area (Å²) in [5.74, 6) is -0.915. The van der Waals surface area contributed by atoms with Gasteiger partial charge in [0.1, 0.15) is 5.60 Å². The van der Waals surface area contributed by atoms with Crippen molar-refractivity contribution in [3.8, 4) is 0 Å². The number of carbonyl (C=O) groups is 2. The summed E-state index contributed by atoms with van der Waals surface area (Å²) in [4.78, 5) is 23.3. The van der Waals surface area contributed by atoms with Crippen molar-refractivity contribution in [1.82, 2.24) is 0 Å². The first-order valence-corrected chi connectivity index (χ1v) is 10.3. The largest absolute Gasteiger partial charge is 0.481 e. The van der Waals surface area contributed by atoms with Crippen molar-refractivity contribution in [1.29, 1.82) is 0 Å². The minimum Gasteiger partial charge on any atom is -0.481 e. The van der Waals surface area contributed by atoms with Gasteiger partial charge < -0.3 is 20.1 Å². The van der Waals surface area contributed by atoms with Crippen LogP contribution in [0.4, 0.5) is 0 Å². The molecule has 160 valence electrons. The second-order valence-electron chi connectivity index (χ2n) is 9.51. The molecule has 6 nitrogen and oxygen atoms in total. The number of hydrogen-bond donors (Lipinski definition) is 3. The van der Waals surface area contributed by atoms with Gasteiger partial charge in [0.25, 0.3) is 0 Å². The van der Waals surface area contributed by atoms with Crippen LogP contribution < -0.4 is 0 Å². The fraction of sp³-hybridized carbons (Fsp3) is 0.818. The van der Waals surface area contributed by atoms with E-state index in [0.717, 1.165) is 19.3 Å². The number of esters is 1. The Labute approximate surface area is 168 Å². The van der Waals surface area contributed by atoms with Gasteiger partial charge >= 0.3 is 11.9 Å². The number of aliphatic hydroxyl groups excluding tert-OH is 1. The van der Waals surface area contributed by atoms with Crippen LogP contribution in [-0.2, 0) is 14.3 Å². The average molecular weight is 397 g/mol. The van der Waals surface area contributed by atoms with E-state index in [-0.39, 0.29) is 11.3 Å². The van der Waals surface area contributed by atoms with Gasteiger partial charge in [0.2, 0.25) is 0 Å². The van der Waals surface area contributed by atoms with Gasteiger partial charge in [-0.3, -0.25) is 9.59 Å². The maximum atomic E-state index is 12.0. The number of allylic oxidation sites excluding steroid dienone is 2. The molecule has 0 unspecified atom stereocenters. The zero-order chi connectivity index (χ0) is 21.3. The molecule has 0 aromatic carbocycles. The van der Waals surface area contributed by atoms with Crippen molar-refractivity contribution in [3.63, 3.8) is 0 Å². The predicted octanol–water partition coefficient (Wildman–Crippen LogP) is 3.31. The summed E-state index contributed by atoms with van der Waals surface area (Å²) in [6, 6.07) is 0. The molecular weight excluding hydrogens is 360 g/mol. The van der Waals surface area contributed by atoms with Crippen LogP contribution in [0.2, 0.25) is 0 Å². The van der Waals surface area contributed by atoms with Gasteiger partial charge in [-0.25, -0.2) is 0 Å². The van der Waals surface area contributed by atoms with Crippen molar-refractivity contribution >= 4 is 11.9 Å². The Kier molecular flexibility index (Phi) is 6.66. The highest BCUT2D eigenvalue weighted by atomic mass is 16.6. The number of hydrogen-bond acceptors (Lipinski definition) is 5. The van der Waals surface area contributed by atoms with E-state index < -0.39 is 35.7 Å². The lowest BCUT2D eigenvalue weighted by Crippen LogP contribution is -2.49. The summed E-state index contributed by atoms with van der Waals surface area (Å²) in [7, 11) is 0. The number of carbonyl (C=O) groups excluding carboxylic acids is 1. The molecule has 0 bridgehead atoms. The van der Waals surface area contributed by atoms with Crippen LogP contribution in [0.15, 0.2) is 11.6 Å². The van der Waals surface area contributed by atoms with Crippen molar-refractivity contribution in [2.24, 2.45) is 22.7 Å². The number of fused-ring (bicyclic) bond motifs is 1. The molecule has 28 heavy (non-hydrogen) atoms. The molecule has 1 saturated carbocycles. The fourth-order valence-corrected chi connectivity index (χ4v) is 5.19. The number of carboxylic acids is 1. The Morgan fingerprint density at radius 2 is 2.00 bits per heavy atom. The number of aliphatic hydroxyl groups is 2. The zero-order valence-electron chi connectivity index (χ0n) is 17.8. The topological polar surface area (TPSA) is 104 Å². The van der Waals surface area contributed by atoms with Gasteiger partial charge in [-0.1, -0.05) is 25.5 Å². The van der Waals surface area contributed by atoms with E-state index in [1.807, 2.05) is 6.92 Å². The summed E-state index contributed by atoms with van der Waals surface area (Å²) in [5.41, 5.74) is -1.15. The number of aliphatic carboxylic acids is 1. The first-order valence-electron chi connectivity index (χ1n) is 10.3. The number of carboxylic acid groups (broad SMARTS) is 1. The van der Waals surface area contributed by atoms with E-state index >= 15 is 0 Å². The minimum atomic E-state index is -1.36. The monoisotopic (exact) mass is 396 g/mol. The van der Waals surface area contributed by atoms with E-state index in [0.29, 0.717) is 25.2 Å². The normalized spacial score (nSPS) is 35.9. The lowest BCUT2D eigenvalue weighted by molar-refractivity contribution is -0.167. The Bertz CT molecular complexity index is 639. The maximum absolute atomic E-state index is 12.0. The Balaban J connectivity index is 2.26. The summed E-state index contributed by atoms with van der Waals surface area (Å²) >= 11 is 0. The molecule has 0 spiro atoms. The van der Waals surface area contributed by atoms with E-state index in [4.69, 9.17) is 4.74 Å². The molecule has 0 amide bonds. The molecule has 6 atom stereocenters. The third-order valence-corrected chi connectivity index (χ3v) is 7.61. The van der Waals surface area contributed by atoms with Gasteiger partial charge in [0.15, 0.2) is 6.10 Å². The van der Waals surface area contributed by atoms with Crippen molar-refractivity contribution in [2.45, 2.75) is 84.8 Å². The molecule has 0 radical (unpaired) electrons. The van der Waals surface area contributed by atoms with Gasteiger partial charge in [0, 0.05) is 6.92 Å². The molecule has 3 N–H and O–H groups in total. The summed E-state index contributed by atoms with van der Waals surface area (Å²) in [6.07, 6.45) is 5.43. The standard InChI is InChI=1S/C22H36O6/c1-14-8-9-17-16(7-6-10-21(17,4)19(25)26)20(14,3)11-12-22(5,27)18(13-23)28-15(2)24/h7,14,17-18,23,27H,6,8-13H2,1-5H3,(H,25,26)/t14-,17+,18-,20+,21+,22+/m1/s1. The molecule has 2 rings (SSSR count). The summed E-state index contributed by atoms with van der Waals surface area (Å²) in [5, 5.41) is 30.3. The highest BCUT2D eigenvalue weighted by Crippen LogP contribution is 2.58. The van der Waals surface area contributed by atoms with Crippen LogP contribution in [0, 0.1) is 22.7 Å². The zero-order valence-corrected chi connectivity index (χ0v) is 17.8. The maximum Gasteiger partial charge on any atom is 0.309 e. The average Bonchev–Trinajstić information content (AvgIpc) is 2.61. The Hall–Kier alpha value is -1.40. The van der Waals surface area contributed by atoms with Crippen LogP contribution in [-0.4, -0.2) is 45.6 Å². The molecule has 0 aliphatic heterocycles. The molecule has 0 aromatic heterocycles. The smallest absolute Gasteiger partial charge is 0.309 e. The molecule has 0 heterocycles. The molecule has 2 aliphatic carbocycles. The van der Waals surface area contributed by atoms with E-state index in [1.54, 1.807) is 6.92 Å². The predicted molar refractivity (Wildman–Crippen MR) is 106 cm³/mol. The lowest BCUT2D eigenvalue weighted by Gasteiger charge is -2.53. The summed E-state index contributed by atoms with van der Waals surface area (Å²) in [6.45, 7) is 8.62. The highest BCUT2D eigenvalue weighted by Gasteiger charge is 2.53. The molecule has 0 saturated heterocycles. The van der Waals surface area contributed by atoms with Gasteiger partial charge in [-0.2, -0.15) is 0 Å². The second kappa shape index (κ2) is 8.15. The van der Waals surface area contributed by atoms with E-state index in [2.05, 4.69) is 19.9 Å². The SMILES string of the molecule is CC(=O)O[C@H](CO)[C@@](C)(O)CC[C@]1(C)C2=CCC[C@](C)(C(=O)O)[C@H]2CC[C@H]1C. The van der Waals surface area contributed by atoms with Crippen LogP contribution in [0.5, 0.6) is 0 Å². The van der Waals surface area contributed by atoms with E-state index in [1.165, 1.54) is 12.5 Å². The minimum absolute atomic E-state index is 0.00649. The van der Waals surface area contributed by atoms with Crippen molar-refractivity contribution in [2.75, 3.05) is 6.61 Å². The van der Waals surface area contributed by atoms with Gasteiger partial charge in [0.05, 0.1) is 12.0 Å². The van der Waals surface area contributed by atoms with Gasteiger partial charge in [-0.05, 0) is 69.6 Å². The Morgan fingerprint density at radius 3 is 2.54 bits per heavy atom. The van der Waals surface area contributed by atoms with Crippen molar-refractivity contribution in [3.05, 3.63) is 11.6 Å². The quantitative estimate of drug-likeness (QED) is 0.450. The van der Waals surface area contributed by atoms with Crippen molar-refractivity contribution < 1.29 is 29.6 Å². The summed E-state index contributed by atoms with van der Waals surface area (Å²) < 4.78 is 5.10. The van der Waals surface area contributed by atoms with Gasteiger partial charge in [-0.15, -0.1) is 0 Å². The lowest BCUT2D eigenvalue weighted by atomic mass is 9.51. The van der Waals surface area contributed by atoms with Crippen LogP contribution in [0.1, 0.15) is 73.1 Å². The number of rotatable bonds is 7. The first-order chi connectivity index (χ1) is 12.9. The van der Waals surface area contributed by atoms with Crippen LogP contribution in [0.3, 0.4) is 0 Å². The molecule has 6 heteroatoms. The van der Waals surface area contributed by atoms with Crippen LogP contribution >= 0.6 is 0 Å². The third-order valence-electron chi connectivity index (χ3n) is 7.61. The molecule has 1 fully saturated rings. The first kappa shape index (κ1) is 22.9.